The van der Waals surface area contributed by atoms with Crippen LogP contribution in [0.4, 0.5) is 0 Å². The lowest BCUT2D eigenvalue weighted by atomic mass is 10.2. The summed E-state index contributed by atoms with van der Waals surface area (Å²) in [5.41, 5.74) is 1.96. The first-order valence-electron chi connectivity index (χ1n) is 4.37. The quantitative estimate of drug-likeness (QED) is 0.583. The molecule has 0 aliphatic rings. The number of nitrogens with zero attached hydrogens (tertiary/aromatic N) is 2. The Morgan fingerprint density at radius 1 is 1.43 bits per heavy atom. The third kappa shape index (κ3) is 1.56. The lowest BCUT2D eigenvalue weighted by Gasteiger charge is -1.92. The summed E-state index contributed by atoms with van der Waals surface area (Å²) >= 11 is 0. The van der Waals surface area contributed by atoms with Gasteiger partial charge in [0.2, 0.25) is 6.08 Å². The molecule has 0 aliphatic carbocycles. The zero-order chi connectivity index (χ0) is 9.80. The average molecular weight is 187 g/mol. The topological polar surface area (TPSA) is 58.1 Å². The van der Waals surface area contributed by atoms with Gasteiger partial charge in [0.25, 0.3) is 0 Å². The molecule has 0 fully saturated rings. The van der Waals surface area contributed by atoms with Gasteiger partial charge in [-0.25, -0.2) is 9.79 Å². The maximum Gasteiger partial charge on any atom is 0.234 e. The lowest BCUT2D eigenvalue weighted by molar-refractivity contribution is 0.563. The van der Waals surface area contributed by atoms with E-state index in [-0.39, 0.29) is 0 Å². The number of hydrogen-bond acceptors (Lipinski definition) is 3. The van der Waals surface area contributed by atoms with Crippen LogP contribution in [0.15, 0.2) is 29.3 Å². The monoisotopic (exact) mass is 187 g/mol. The van der Waals surface area contributed by atoms with Crippen LogP contribution < -0.4 is 0 Å². The average Bonchev–Trinajstić information content (AvgIpc) is 2.63. The largest absolute Gasteiger partial charge is 0.281 e. The molecule has 0 unspecified atom stereocenters. The molecule has 0 atom stereocenters. The molecule has 0 saturated carbocycles. The van der Waals surface area contributed by atoms with Crippen molar-refractivity contribution in [2.75, 3.05) is 6.54 Å². The Morgan fingerprint density at radius 2 is 2.29 bits per heavy atom. The number of aromatic nitrogens is 2. The van der Waals surface area contributed by atoms with Crippen molar-refractivity contribution in [1.29, 1.82) is 0 Å². The van der Waals surface area contributed by atoms with Gasteiger partial charge >= 0.3 is 0 Å². The van der Waals surface area contributed by atoms with Gasteiger partial charge in [-0.15, -0.1) is 0 Å². The van der Waals surface area contributed by atoms with Crippen molar-refractivity contribution in [2.45, 2.75) is 6.42 Å². The highest BCUT2D eigenvalue weighted by Gasteiger charge is 2.02. The van der Waals surface area contributed by atoms with Gasteiger partial charge in [0, 0.05) is 17.5 Å². The molecule has 70 valence electrons. The molecule has 1 N–H and O–H groups in total. The number of nitrogens with one attached hydrogen (secondary N) is 1. The van der Waals surface area contributed by atoms with Gasteiger partial charge in [0.05, 0.1) is 12.1 Å². The van der Waals surface area contributed by atoms with Crippen LogP contribution in [0.5, 0.6) is 0 Å². The molecule has 4 nitrogen and oxygen atoms in total. The normalized spacial score (nSPS) is 10.0. The Bertz CT molecular complexity index is 483. The van der Waals surface area contributed by atoms with Crippen LogP contribution in [0.25, 0.3) is 10.9 Å². The minimum absolute atomic E-state index is 0.454. The number of isocyanates is 1. The van der Waals surface area contributed by atoms with E-state index < -0.39 is 0 Å². The van der Waals surface area contributed by atoms with E-state index in [0.717, 1.165) is 16.6 Å². The van der Waals surface area contributed by atoms with Gasteiger partial charge in [-0.05, 0) is 6.07 Å². The number of benzene rings is 1. The molecule has 1 aromatic heterocycles. The summed E-state index contributed by atoms with van der Waals surface area (Å²) in [4.78, 5) is 13.4. The van der Waals surface area contributed by atoms with Crippen LogP contribution in [0.1, 0.15) is 5.69 Å². The van der Waals surface area contributed by atoms with Gasteiger partial charge in [-0.3, -0.25) is 5.10 Å². The van der Waals surface area contributed by atoms with E-state index >= 15 is 0 Å². The van der Waals surface area contributed by atoms with Crippen molar-refractivity contribution in [3.8, 4) is 0 Å². The summed E-state index contributed by atoms with van der Waals surface area (Å²) in [6, 6.07) is 7.85. The summed E-state index contributed by atoms with van der Waals surface area (Å²) in [5.74, 6) is 0. The highest BCUT2D eigenvalue weighted by Crippen LogP contribution is 2.15. The van der Waals surface area contributed by atoms with E-state index in [4.69, 9.17) is 0 Å². The fourth-order valence-corrected chi connectivity index (χ4v) is 1.42. The van der Waals surface area contributed by atoms with E-state index in [9.17, 15) is 4.79 Å². The number of hydrogen-bond donors (Lipinski definition) is 1. The van der Waals surface area contributed by atoms with E-state index in [1.54, 1.807) is 0 Å². The van der Waals surface area contributed by atoms with Gasteiger partial charge in [-0.2, -0.15) is 5.10 Å². The summed E-state index contributed by atoms with van der Waals surface area (Å²) in [6.45, 7) is 0.454. The number of H-pyrrole nitrogens is 1. The smallest absolute Gasteiger partial charge is 0.234 e. The molecular formula is C10H9N3O. The summed E-state index contributed by atoms with van der Waals surface area (Å²) in [6.07, 6.45) is 2.21. The molecule has 2 aromatic rings. The number of fused-ring (bicyclic) bond motifs is 1. The standard InChI is InChI=1S/C10H9N3O/c14-7-11-6-5-10-8-3-1-2-4-9(8)12-13-10/h1-4H,5-6H2,(H,12,13). The van der Waals surface area contributed by atoms with E-state index in [2.05, 4.69) is 15.2 Å². The number of aromatic amines is 1. The SMILES string of the molecule is O=C=NCCc1[nH]nc2ccccc12. The predicted molar refractivity (Wildman–Crippen MR) is 52.8 cm³/mol. The first kappa shape index (κ1) is 8.66. The summed E-state index contributed by atoms with van der Waals surface area (Å²) < 4.78 is 0. The van der Waals surface area contributed by atoms with Crippen molar-refractivity contribution in [3.63, 3.8) is 0 Å². The Morgan fingerprint density at radius 3 is 3.14 bits per heavy atom. The third-order valence-electron chi connectivity index (χ3n) is 2.08. The van der Waals surface area contributed by atoms with Gasteiger partial charge in [-0.1, -0.05) is 18.2 Å². The molecule has 1 aromatic carbocycles. The first-order valence-corrected chi connectivity index (χ1v) is 4.37. The van der Waals surface area contributed by atoms with Crippen molar-refractivity contribution < 1.29 is 4.79 Å². The van der Waals surface area contributed by atoms with Gasteiger partial charge in [0.1, 0.15) is 0 Å². The molecule has 2 rings (SSSR count). The van der Waals surface area contributed by atoms with Crippen molar-refractivity contribution in [2.24, 2.45) is 4.99 Å². The van der Waals surface area contributed by atoms with Gasteiger partial charge in [0.15, 0.2) is 0 Å². The van der Waals surface area contributed by atoms with E-state index in [0.29, 0.717) is 13.0 Å². The molecule has 0 aliphatic heterocycles. The maximum absolute atomic E-state index is 9.88. The van der Waals surface area contributed by atoms with Crippen LogP contribution in [-0.4, -0.2) is 22.8 Å². The fourth-order valence-electron chi connectivity index (χ4n) is 1.42. The van der Waals surface area contributed by atoms with E-state index in [1.165, 1.54) is 6.08 Å². The molecule has 0 amide bonds. The second-order valence-electron chi connectivity index (χ2n) is 2.94. The number of para-hydroxylation sites is 1. The molecule has 0 bridgehead atoms. The Kier molecular flexibility index (Phi) is 2.38. The van der Waals surface area contributed by atoms with Crippen LogP contribution in [0.2, 0.25) is 0 Å². The minimum Gasteiger partial charge on any atom is -0.281 e. The lowest BCUT2D eigenvalue weighted by Crippen LogP contribution is -1.89. The maximum atomic E-state index is 9.88. The van der Waals surface area contributed by atoms with Crippen molar-refractivity contribution in [1.82, 2.24) is 10.2 Å². The summed E-state index contributed by atoms with van der Waals surface area (Å²) in [5, 5.41) is 8.16. The molecule has 4 heteroatoms. The number of rotatable bonds is 3. The Labute approximate surface area is 80.7 Å². The highest BCUT2D eigenvalue weighted by molar-refractivity contribution is 5.81. The van der Waals surface area contributed by atoms with Crippen molar-refractivity contribution in [3.05, 3.63) is 30.0 Å². The number of aliphatic imine (C=N–C) groups is 1. The fraction of sp³-hybridized carbons (Fsp3) is 0.200. The first-order chi connectivity index (χ1) is 6.92. The number of carbonyl (C=O) groups excluding carboxylic acids is 1. The molecular weight excluding hydrogens is 178 g/mol. The minimum atomic E-state index is 0.454. The predicted octanol–water partition coefficient (Wildman–Crippen LogP) is 1.44. The molecule has 0 spiro atoms. The molecule has 14 heavy (non-hydrogen) atoms. The molecule has 1 heterocycles. The van der Waals surface area contributed by atoms with Crippen LogP contribution in [0.3, 0.4) is 0 Å². The van der Waals surface area contributed by atoms with E-state index in [1.807, 2.05) is 24.3 Å². The second-order valence-corrected chi connectivity index (χ2v) is 2.94. The zero-order valence-corrected chi connectivity index (χ0v) is 7.53. The van der Waals surface area contributed by atoms with Crippen LogP contribution in [-0.2, 0) is 11.2 Å². The highest BCUT2D eigenvalue weighted by atomic mass is 16.1. The van der Waals surface area contributed by atoms with Crippen LogP contribution in [0, 0.1) is 0 Å². The van der Waals surface area contributed by atoms with Gasteiger partial charge < -0.3 is 0 Å². The second kappa shape index (κ2) is 3.85. The Hall–Kier alpha value is -1.93. The molecule has 0 radical (unpaired) electrons. The summed E-state index contributed by atoms with van der Waals surface area (Å²) in [7, 11) is 0. The third-order valence-corrected chi connectivity index (χ3v) is 2.08. The van der Waals surface area contributed by atoms with Crippen LogP contribution >= 0.6 is 0 Å². The van der Waals surface area contributed by atoms with Crippen molar-refractivity contribution >= 4 is 17.0 Å². The Balaban J connectivity index is 2.29. The zero-order valence-electron chi connectivity index (χ0n) is 7.53. The molecule has 0 saturated heterocycles.